The zero-order valence-electron chi connectivity index (χ0n) is 22.9. The normalized spacial score (nSPS) is 21.2. The van der Waals surface area contributed by atoms with E-state index in [1.54, 1.807) is 0 Å². The lowest BCUT2D eigenvalue weighted by Gasteiger charge is -2.30. The van der Waals surface area contributed by atoms with Crippen molar-refractivity contribution in [3.63, 3.8) is 0 Å². The predicted molar refractivity (Wildman–Crippen MR) is 160 cm³/mol. The number of hydrogen-bond donors (Lipinski definition) is 1. The van der Waals surface area contributed by atoms with Crippen LogP contribution in [0.15, 0.2) is 29.4 Å². The summed E-state index contributed by atoms with van der Waals surface area (Å²) in [6.45, 7) is 1.95. The number of oxime groups is 1. The van der Waals surface area contributed by atoms with E-state index < -0.39 is 24.2 Å². The summed E-state index contributed by atoms with van der Waals surface area (Å²) in [4.78, 5) is 32.6. The molecule has 2 aromatic rings. The zero-order valence-corrected chi connectivity index (χ0v) is 26.0. The predicted octanol–water partition coefficient (Wildman–Crippen LogP) is 8.99. The SMILES string of the molecule is CCCC(NC(=O)c1sc(C2=NOC(c3cc(Cl)c(Cl)c(Cl)c3)(C(F)(F)F)C2)c2c1CCCC2)C(=O)C/C=C/C1CC1. The van der Waals surface area contributed by atoms with Gasteiger partial charge in [0, 0.05) is 12.0 Å². The molecule has 1 aliphatic heterocycles. The second-order valence-electron chi connectivity index (χ2n) is 11.1. The number of rotatable bonds is 10. The van der Waals surface area contributed by atoms with Gasteiger partial charge < -0.3 is 10.2 Å². The minimum Gasteiger partial charge on any atom is -0.374 e. The van der Waals surface area contributed by atoms with Crippen molar-refractivity contribution in [3.05, 3.63) is 65.8 Å². The van der Waals surface area contributed by atoms with Crippen molar-refractivity contribution >= 4 is 63.5 Å². The zero-order chi connectivity index (χ0) is 30.2. The Morgan fingerprint density at radius 1 is 1.17 bits per heavy atom. The van der Waals surface area contributed by atoms with Gasteiger partial charge in [-0.3, -0.25) is 9.59 Å². The Balaban J connectivity index is 1.43. The Morgan fingerprint density at radius 3 is 2.45 bits per heavy atom. The average Bonchev–Trinajstić information content (AvgIpc) is 3.51. The van der Waals surface area contributed by atoms with Crippen molar-refractivity contribution in [1.29, 1.82) is 0 Å². The number of halogens is 6. The number of carbonyl (C=O) groups is 2. The summed E-state index contributed by atoms with van der Waals surface area (Å²) >= 11 is 19.3. The maximum Gasteiger partial charge on any atom is 0.435 e. The number of carbonyl (C=O) groups excluding carboxylic acids is 2. The summed E-state index contributed by atoms with van der Waals surface area (Å²) in [5.74, 6) is 0.108. The third kappa shape index (κ3) is 6.26. The van der Waals surface area contributed by atoms with Crippen LogP contribution in [0.4, 0.5) is 13.2 Å². The summed E-state index contributed by atoms with van der Waals surface area (Å²) in [6.07, 6.45) is 5.12. The van der Waals surface area contributed by atoms with Crippen molar-refractivity contribution in [2.45, 2.75) is 89.0 Å². The lowest BCUT2D eigenvalue weighted by Crippen LogP contribution is -2.42. The molecule has 2 heterocycles. The summed E-state index contributed by atoms with van der Waals surface area (Å²) in [5, 5.41) is 6.53. The average molecular weight is 662 g/mol. The van der Waals surface area contributed by atoms with E-state index in [1.165, 1.54) is 0 Å². The number of nitrogens with one attached hydrogen (secondary N) is 1. The van der Waals surface area contributed by atoms with Crippen LogP contribution in [0.2, 0.25) is 15.1 Å². The second kappa shape index (κ2) is 12.5. The molecule has 12 heteroatoms. The standard InChI is InChI=1S/C30H30Cl3F3N2O3S/c1-2-6-22(24(39)10-5-7-16-11-12-16)37-28(40)27-19-9-4-3-8-18(19)26(42-27)23-15-29(41-38-23,30(34,35)36)17-13-20(31)25(33)21(32)14-17/h5,7,13-14,16,22H,2-4,6,8-12,15H2,1H3,(H,37,40)/b7-5+. The summed E-state index contributed by atoms with van der Waals surface area (Å²) in [7, 11) is 0. The lowest BCUT2D eigenvalue weighted by molar-refractivity contribution is -0.275. The Labute approximate surface area is 261 Å². The smallest absolute Gasteiger partial charge is 0.374 e. The molecular weight excluding hydrogens is 632 g/mol. The Hall–Kier alpha value is -2.07. The molecule has 42 heavy (non-hydrogen) atoms. The van der Waals surface area contributed by atoms with Crippen LogP contribution in [0.25, 0.3) is 0 Å². The van der Waals surface area contributed by atoms with Gasteiger partial charge in [-0.1, -0.05) is 65.5 Å². The summed E-state index contributed by atoms with van der Waals surface area (Å²) in [6, 6.07) is 1.55. The van der Waals surface area contributed by atoms with Gasteiger partial charge in [0.25, 0.3) is 11.5 Å². The fourth-order valence-corrected chi connectivity index (χ4v) is 7.37. The van der Waals surface area contributed by atoms with Crippen LogP contribution in [0, 0.1) is 5.92 Å². The highest BCUT2D eigenvalue weighted by Gasteiger charge is 2.63. The van der Waals surface area contributed by atoms with Crippen LogP contribution < -0.4 is 5.32 Å². The molecule has 1 N–H and O–H groups in total. The molecule has 0 saturated heterocycles. The fourth-order valence-electron chi connectivity index (χ4n) is 5.50. The van der Waals surface area contributed by atoms with E-state index in [9.17, 15) is 22.8 Å². The highest BCUT2D eigenvalue weighted by Crippen LogP contribution is 2.51. The van der Waals surface area contributed by atoms with Crippen molar-refractivity contribution in [3.8, 4) is 0 Å². The van der Waals surface area contributed by atoms with Gasteiger partial charge in [0.15, 0.2) is 5.78 Å². The second-order valence-corrected chi connectivity index (χ2v) is 13.3. The molecule has 1 saturated carbocycles. The minimum absolute atomic E-state index is 0.0553. The number of hydrogen-bond acceptors (Lipinski definition) is 5. The van der Waals surface area contributed by atoms with Crippen LogP contribution in [-0.4, -0.2) is 29.6 Å². The van der Waals surface area contributed by atoms with Crippen LogP contribution in [0.3, 0.4) is 0 Å². The van der Waals surface area contributed by atoms with Gasteiger partial charge in [-0.25, -0.2) is 0 Å². The van der Waals surface area contributed by atoms with E-state index in [2.05, 4.69) is 16.5 Å². The number of allylic oxidation sites excluding steroid dienone is 2. The quantitative estimate of drug-likeness (QED) is 0.204. The molecule has 2 atom stereocenters. The third-order valence-corrected chi connectivity index (χ3v) is 10.5. The minimum atomic E-state index is -4.86. The fraction of sp³-hybridized carbons (Fsp3) is 0.500. The molecule has 0 radical (unpaired) electrons. The highest BCUT2D eigenvalue weighted by atomic mass is 35.5. The Bertz CT molecular complexity index is 1430. The first-order chi connectivity index (χ1) is 19.9. The molecule has 1 aromatic carbocycles. The van der Waals surface area contributed by atoms with Crippen molar-refractivity contribution < 1.29 is 27.6 Å². The largest absolute Gasteiger partial charge is 0.435 e. The highest BCUT2D eigenvalue weighted by molar-refractivity contribution is 7.16. The van der Waals surface area contributed by atoms with Gasteiger partial charge >= 0.3 is 6.18 Å². The summed E-state index contributed by atoms with van der Waals surface area (Å²) in [5.41, 5.74) is -1.41. The third-order valence-electron chi connectivity index (χ3n) is 7.95. The lowest BCUT2D eigenvalue weighted by atomic mass is 9.85. The molecule has 0 bridgehead atoms. The molecular formula is C30H30Cl3F3N2O3S. The first kappa shape index (κ1) is 31.4. The number of benzene rings is 1. The van der Waals surface area contributed by atoms with Crippen molar-refractivity contribution in [2.24, 2.45) is 11.1 Å². The van der Waals surface area contributed by atoms with Crippen molar-refractivity contribution in [1.82, 2.24) is 5.32 Å². The van der Waals surface area contributed by atoms with Crippen LogP contribution in [0.1, 0.15) is 89.5 Å². The van der Waals surface area contributed by atoms with E-state index in [-0.39, 0.29) is 44.5 Å². The first-order valence-corrected chi connectivity index (χ1v) is 16.0. The van der Waals surface area contributed by atoms with Crippen LogP contribution in [0.5, 0.6) is 0 Å². The first-order valence-electron chi connectivity index (χ1n) is 14.1. The molecule has 2 unspecified atom stereocenters. The van der Waals surface area contributed by atoms with E-state index in [0.717, 1.165) is 60.3 Å². The molecule has 0 spiro atoms. The van der Waals surface area contributed by atoms with E-state index in [4.69, 9.17) is 39.6 Å². The van der Waals surface area contributed by atoms with E-state index >= 15 is 0 Å². The van der Waals surface area contributed by atoms with Crippen molar-refractivity contribution in [2.75, 3.05) is 0 Å². The van der Waals surface area contributed by atoms with E-state index in [0.29, 0.717) is 41.4 Å². The molecule has 5 nitrogen and oxygen atoms in total. The van der Waals surface area contributed by atoms with Gasteiger partial charge in [-0.2, -0.15) is 13.2 Å². The van der Waals surface area contributed by atoms with Crippen LogP contribution in [-0.2, 0) is 28.1 Å². The van der Waals surface area contributed by atoms with Crippen LogP contribution >= 0.6 is 46.1 Å². The molecule has 1 amide bonds. The topological polar surface area (TPSA) is 67.8 Å². The van der Waals surface area contributed by atoms with Gasteiger partial charge in [-0.05, 0) is 74.1 Å². The number of ketones is 1. The Morgan fingerprint density at radius 2 is 1.83 bits per heavy atom. The van der Waals surface area contributed by atoms with Gasteiger partial charge in [0.2, 0.25) is 0 Å². The number of nitrogens with zero attached hydrogens (tertiary/aromatic N) is 1. The molecule has 1 fully saturated rings. The van der Waals surface area contributed by atoms with E-state index in [1.807, 2.05) is 13.0 Å². The molecule has 3 aliphatic rings. The number of fused-ring (bicyclic) bond motifs is 1. The monoisotopic (exact) mass is 660 g/mol. The summed E-state index contributed by atoms with van der Waals surface area (Å²) < 4.78 is 43.9. The molecule has 1 aromatic heterocycles. The molecule has 226 valence electrons. The van der Waals surface area contributed by atoms with Gasteiger partial charge in [0.1, 0.15) is 5.71 Å². The maximum atomic E-state index is 14.6. The molecule has 5 rings (SSSR count). The molecule has 2 aliphatic carbocycles. The number of Topliss-reactive ketones (excluding diaryl/α,β-unsaturated/α-hetero) is 1. The Kier molecular flexibility index (Phi) is 9.33. The number of alkyl halides is 3. The van der Waals surface area contributed by atoms with Gasteiger partial charge in [0.05, 0.1) is 37.3 Å². The number of amides is 1. The van der Waals surface area contributed by atoms with Gasteiger partial charge in [-0.15, -0.1) is 11.3 Å². The number of thiophene rings is 1. The maximum absolute atomic E-state index is 14.6.